The Morgan fingerprint density at radius 1 is 1.47 bits per heavy atom. The Bertz CT molecular complexity index is 552. The molecule has 19 heavy (non-hydrogen) atoms. The fraction of sp³-hybridized carbons (Fsp3) is 0.467. The minimum absolute atomic E-state index is 0.0502. The lowest BCUT2D eigenvalue weighted by Crippen LogP contribution is -2.28. The van der Waals surface area contributed by atoms with E-state index in [1.807, 2.05) is 6.92 Å². The number of allylic oxidation sites excluding steroid dienone is 2. The van der Waals surface area contributed by atoms with E-state index in [2.05, 4.69) is 6.58 Å². The maximum Gasteiger partial charge on any atom is 0.334 e. The molecule has 3 aliphatic rings. The number of hydrogen-bond donors (Lipinski definition) is 1. The largest absolute Gasteiger partial charge is 0.457 e. The van der Waals surface area contributed by atoms with Crippen LogP contribution in [0.15, 0.2) is 34.9 Å². The third kappa shape index (κ3) is 1.63. The van der Waals surface area contributed by atoms with Gasteiger partial charge in [0, 0.05) is 23.0 Å². The summed E-state index contributed by atoms with van der Waals surface area (Å²) in [5.74, 6) is -0.759. The number of ether oxygens (including phenoxy) is 1. The summed E-state index contributed by atoms with van der Waals surface area (Å²) in [7, 11) is 0. The van der Waals surface area contributed by atoms with E-state index in [1.54, 1.807) is 0 Å². The molecule has 0 spiro atoms. The first-order chi connectivity index (χ1) is 9.04. The molecule has 1 fully saturated rings. The number of aliphatic hydroxyl groups is 1. The van der Waals surface area contributed by atoms with Crippen LogP contribution in [-0.4, -0.2) is 29.6 Å². The van der Waals surface area contributed by atoms with Gasteiger partial charge in [-0.15, -0.1) is 0 Å². The van der Waals surface area contributed by atoms with Gasteiger partial charge in [-0.1, -0.05) is 12.2 Å². The lowest BCUT2D eigenvalue weighted by molar-refractivity contribution is -0.140. The van der Waals surface area contributed by atoms with Gasteiger partial charge in [-0.3, -0.25) is 4.79 Å². The first-order valence-corrected chi connectivity index (χ1v) is 6.49. The summed E-state index contributed by atoms with van der Waals surface area (Å²) in [5, 5.41) is 9.45. The van der Waals surface area contributed by atoms with Gasteiger partial charge >= 0.3 is 5.97 Å². The maximum absolute atomic E-state index is 12.1. The van der Waals surface area contributed by atoms with Gasteiger partial charge in [0.25, 0.3) is 0 Å². The van der Waals surface area contributed by atoms with Crippen molar-refractivity contribution in [3.05, 3.63) is 34.9 Å². The average molecular weight is 260 g/mol. The van der Waals surface area contributed by atoms with Gasteiger partial charge in [0.05, 0.1) is 6.61 Å². The van der Waals surface area contributed by atoms with E-state index in [0.717, 1.165) is 18.4 Å². The SMILES string of the molecule is C=C1C(=O)O[C@@H]2[C@H]3C(CO)=CC(=O)C3=C(C)CC[C@H]12. The van der Waals surface area contributed by atoms with Gasteiger partial charge in [0.1, 0.15) is 6.10 Å². The van der Waals surface area contributed by atoms with Gasteiger partial charge < -0.3 is 9.84 Å². The van der Waals surface area contributed by atoms with Crippen LogP contribution < -0.4 is 0 Å². The van der Waals surface area contributed by atoms with Crippen molar-refractivity contribution in [2.24, 2.45) is 11.8 Å². The first-order valence-electron chi connectivity index (χ1n) is 6.49. The van der Waals surface area contributed by atoms with E-state index in [0.29, 0.717) is 16.7 Å². The van der Waals surface area contributed by atoms with Gasteiger partial charge in [0.15, 0.2) is 5.78 Å². The molecule has 100 valence electrons. The second-order valence-electron chi connectivity index (χ2n) is 5.45. The molecule has 0 aromatic rings. The number of aliphatic hydroxyl groups excluding tert-OH is 1. The Hall–Kier alpha value is -1.68. The van der Waals surface area contributed by atoms with Crippen molar-refractivity contribution in [3.8, 4) is 0 Å². The molecule has 0 amide bonds. The van der Waals surface area contributed by atoms with Crippen LogP contribution >= 0.6 is 0 Å². The molecule has 4 heteroatoms. The summed E-state index contributed by atoms with van der Waals surface area (Å²) >= 11 is 0. The molecule has 3 atom stereocenters. The van der Waals surface area contributed by atoms with Crippen LogP contribution in [0.3, 0.4) is 0 Å². The van der Waals surface area contributed by atoms with E-state index in [1.165, 1.54) is 6.08 Å². The van der Waals surface area contributed by atoms with Crippen molar-refractivity contribution in [1.29, 1.82) is 0 Å². The minimum Gasteiger partial charge on any atom is -0.457 e. The smallest absolute Gasteiger partial charge is 0.334 e. The number of rotatable bonds is 1. The van der Waals surface area contributed by atoms with Crippen LogP contribution in [0.25, 0.3) is 0 Å². The van der Waals surface area contributed by atoms with Crippen LogP contribution in [0, 0.1) is 11.8 Å². The molecule has 0 saturated carbocycles. The molecule has 0 unspecified atom stereocenters. The predicted molar refractivity (Wildman–Crippen MR) is 68.1 cm³/mol. The fourth-order valence-electron chi connectivity index (χ4n) is 3.45. The third-order valence-corrected chi connectivity index (χ3v) is 4.44. The van der Waals surface area contributed by atoms with E-state index < -0.39 is 0 Å². The Morgan fingerprint density at radius 3 is 2.89 bits per heavy atom. The number of carbonyl (C=O) groups is 2. The molecule has 0 aromatic heterocycles. The van der Waals surface area contributed by atoms with E-state index in [4.69, 9.17) is 4.74 Å². The van der Waals surface area contributed by atoms with E-state index in [9.17, 15) is 14.7 Å². The highest BCUT2D eigenvalue weighted by atomic mass is 16.6. The van der Waals surface area contributed by atoms with Gasteiger partial charge in [-0.25, -0.2) is 4.79 Å². The molecule has 0 bridgehead atoms. The molecular formula is C15H16O4. The second-order valence-corrected chi connectivity index (χ2v) is 5.45. The van der Waals surface area contributed by atoms with Crippen LogP contribution in [0.2, 0.25) is 0 Å². The van der Waals surface area contributed by atoms with Crippen molar-refractivity contribution in [1.82, 2.24) is 0 Å². The zero-order valence-corrected chi connectivity index (χ0v) is 10.8. The van der Waals surface area contributed by atoms with Gasteiger partial charge in [-0.2, -0.15) is 0 Å². The highest BCUT2D eigenvalue weighted by Crippen LogP contribution is 2.47. The summed E-state index contributed by atoms with van der Waals surface area (Å²) in [6.45, 7) is 5.57. The molecule has 1 heterocycles. The van der Waals surface area contributed by atoms with Crippen molar-refractivity contribution in [3.63, 3.8) is 0 Å². The molecule has 0 radical (unpaired) electrons. The number of esters is 1. The number of fused-ring (bicyclic) bond motifs is 3. The third-order valence-electron chi connectivity index (χ3n) is 4.44. The Morgan fingerprint density at radius 2 is 2.21 bits per heavy atom. The molecule has 3 rings (SSSR count). The highest BCUT2D eigenvalue weighted by Gasteiger charge is 2.49. The van der Waals surface area contributed by atoms with Crippen molar-refractivity contribution in [2.45, 2.75) is 25.9 Å². The molecule has 1 saturated heterocycles. The average Bonchev–Trinajstić information content (AvgIpc) is 2.80. The highest BCUT2D eigenvalue weighted by molar-refractivity contribution is 6.09. The summed E-state index contributed by atoms with van der Waals surface area (Å²) in [6, 6.07) is 0. The normalized spacial score (nSPS) is 33.9. The van der Waals surface area contributed by atoms with Crippen molar-refractivity contribution < 1.29 is 19.4 Å². The molecule has 1 N–H and O–H groups in total. The number of carbonyl (C=O) groups excluding carboxylic acids is 2. The summed E-state index contributed by atoms with van der Waals surface area (Å²) in [6.07, 6.45) is 2.65. The maximum atomic E-state index is 12.1. The monoisotopic (exact) mass is 260 g/mol. The summed E-state index contributed by atoms with van der Waals surface area (Å²) in [4.78, 5) is 23.8. The standard InChI is InChI=1S/C15H16O4/c1-7-3-4-10-8(2)15(18)19-14(10)13-9(6-16)5-11(17)12(7)13/h5,10,13-14,16H,2-4,6H2,1H3/t10-,13+,14+/m1/s1. The number of ketones is 1. The summed E-state index contributed by atoms with van der Waals surface area (Å²) < 4.78 is 5.42. The van der Waals surface area contributed by atoms with Crippen LogP contribution in [0.1, 0.15) is 19.8 Å². The molecule has 2 aliphatic carbocycles. The van der Waals surface area contributed by atoms with Crippen LogP contribution in [0.4, 0.5) is 0 Å². The van der Waals surface area contributed by atoms with Gasteiger partial charge in [0.2, 0.25) is 0 Å². The van der Waals surface area contributed by atoms with Crippen molar-refractivity contribution >= 4 is 11.8 Å². The van der Waals surface area contributed by atoms with Gasteiger partial charge in [-0.05, 0) is 31.4 Å². The topological polar surface area (TPSA) is 63.6 Å². The zero-order valence-electron chi connectivity index (χ0n) is 10.8. The molecule has 1 aliphatic heterocycles. The lowest BCUT2D eigenvalue weighted by Gasteiger charge is -2.24. The quantitative estimate of drug-likeness (QED) is 0.570. The molecule has 4 nitrogen and oxygen atoms in total. The van der Waals surface area contributed by atoms with E-state index >= 15 is 0 Å². The Balaban J connectivity index is 2.09. The van der Waals surface area contributed by atoms with Crippen LogP contribution in [-0.2, 0) is 14.3 Å². The predicted octanol–water partition coefficient (Wildman–Crippen LogP) is 1.31. The van der Waals surface area contributed by atoms with Crippen LogP contribution in [0.5, 0.6) is 0 Å². The molecular weight excluding hydrogens is 244 g/mol. The first kappa shape index (κ1) is 12.4. The zero-order chi connectivity index (χ0) is 13.7. The number of hydrogen-bond acceptors (Lipinski definition) is 4. The Kier molecular flexibility index (Phi) is 2.71. The lowest BCUT2D eigenvalue weighted by atomic mass is 9.83. The minimum atomic E-state index is -0.378. The Labute approximate surface area is 111 Å². The fourth-order valence-corrected chi connectivity index (χ4v) is 3.45. The van der Waals surface area contributed by atoms with Crippen molar-refractivity contribution in [2.75, 3.05) is 6.61 Å². The molecule has 0 aromatic carbocycles. The second kappa shape index (κ2) is 4.17. The summed E-state index contributed by atoms with van der Waals surface area (Å²) in [5.41, 5.74) is 2.89. The van der Waals surface area contributed by atoms with E-state index in [-0.39, 0.29) is 36.3 Å².